The van der Waals surface area contributed by atoms with Crippen LogP contribution < -0.4 is 0 Å². The summed E-state index contributed by atoms with van der Waals surface area (Å²) in [6, 6.07) is 24.6. The molecule has 2 aliphatic rings. The van der Waals surface area contributed by atoms with Gasteiger partial charge in [-0.25, -0.2) is 0 Å². The maximum absolute atomic E-state index is 13.0. The molecule has 0 unspecified atom stereocenters. The monoisotopic (exact) mass is 481 g/mol. The number of amides is 2. The van der Waals surface area contributed by atoms with E-state index >= 15 is 0 Å². The van der Waals surface area contributed by atoms with Crippen LogP contribution in [0.4, 0.5) is 0 Å². The van der Waals surface area contributed by atoms with Crippen molar-refractivity contribution < 1.29 is 9.59 Å². The molecule has 2 aliphatic heterocycles. The minimum Gasteiger partial charge on any atom is -0.339 e. The van der Waals surface area contributed by atoms with E-state index in [0.29, 0.717) is 23.1 Å². The number of likely N-dealkylation sites (tertiary alicyclic amines) is 2. The minimum atomic E-state index is -0.0334. The van der Waals surface area contributed by atoms with Gasteiger partial charge >= 0.3 is 0 Å². The first-order valence-corrected chi connectivity index (χ1v) is 13.3. The summed E-state index contributed by atoms with van der Waals surface area (Å²) < 4.78 is 0. The van der Waals surface area contributed by atoms with Crippen LogP contribution in [0.25, 0.3) is 0 Å². The number of aromatic nitrogens is 1. The number of nitrogens with zero attached hydrogens (tertiary/aromatic N) is 3. The van der Waals surface area contributed by atoms with Gasteiger partial charge in [-0.15, -0.1) is 0 Å². The molecule has 0 saturated carbocycles. The Kier molecular flexibility index (Phi) is 7.75. The fraction of sp³-hybridized carbons (Fsp3) is 0.387. The van der Waals surface area contributed by atoms with Gasteiger partial charge in [0.1, 0.15) is 5.69 Å². The molecule has 5 nitrogen and oxygen atoms in total. The number of benzene rings is 2. The van der Waals surface area contributed by atoms with Gasteiger partial charge in [0.25, 0.3) is 11.8 Å². The summed E-state index contributed by atoms with van der Waals surface area (Å²) in [5.74, 6) is 1.21. The summed E-state index contributed by atoms with van der Waals surface area (Å²) in [7, 11) is 0. The van der Waals surface area contributed by atoms with Gasteiger partial charge in [-0.1, -0.05) is 60.7 Å². The predicted molar refractivity (Wildman–Crippen MR) is 142 cm³/mol. The van der Waals surface area contributed by atoms with E-state index in [1.54, 1.807) is 18.3 Å². The average molecular weight is 482 g/mol. The molecule has 0 aliphatic carbocycles. The standard InChI is InChI=1S/C31H35N3O2/c35-30(33-17-13-26(14-18-33)21-24-7-3-1-4-8-24)28-11-12-29(32-23-28)31(36)34-19-15-27(16-20-34)22-25-9-5-2-6-10-25/h1-12,23,26-27H,13-22H2. The number of carbonyl (C=O) groups is 2. The molecule has 36 heavy (non-hydrogen) atoms. The number of piperidine rings is 2. The molecule has 5 rings (SSSR count). The highest BCUT2D eigenvalue weighted by atomic mass is 16.2. The lowest BCUT2D eigenvalue weighted by molar-refractivity contribution is 0.0673. The van der Waals surface area contributed by atoms with Gasteiger partial charge in [-0.05, 0) is 73.6 Å². The van der Waals surface area contributed by atoms with E-state index in [1.807, 2.05) is 21.9 Å². The second-order valence-electron chi connectivity index (χ2n) is 10.3. The van der Waals surface area contributed by atoms with E-state index in [4.69, 9.17) is 0 Å². The van der Waals surface area contributed by atoms with Gasteiger partial charge in [0.05, 0.1) is 5.56 Å². The van der Waals surface area contributed by atoms with E-state index < -0.39 is 0 Å². The first kappa shape index (κ1) is 24.2. The molecule has 3 aromatic rings. The van der Waals surface area contributed by atoms with Crippen molar-refractivity contribution in [2.75, 3.05) is 26.2 Å². The molecule has 2 fully saturated rings. The number of hydrogen-bond acceptors (Lipinski definition) is 3. The third-order valence-corrected chi connectivity index (χ3v) is 7.77. The fourth-order valence-electron chi connectivity index (χ4n) is 5.57. The van der Waals surface area contributed by atoms with Gasteiger partial charge in [-0.3, -0.25) is 14.6 Å². The molecule has 2 amide bonds. The first-order chi connectivity index (χ1) is 17.7. The highest BCUT2D eigenvalue weighted by molar-refractivity contribution is 5.96. The zero-order valence-corrected chi connectivity index (χ0v) is 20.9. The summed E-state index contributed by atoms with van der Waals surface area (Å²) in [5.41, 5.74) is 3.72. The topological polar surface area (TPSA) is 53.5 Å². The van der Waals surface area contributed by atoms with Crippen molar-refractivity contribution in [1.82, 2.24) is 14.8 Å². The van der Waals surface area contributed by atoms with Crippen LogP contribution in [-0.2, 0) is 12.8 Å². The van der Waals surface area contributed by atoms with Crippen molar-refractivity contribution in [1.29, 1.82) is 0 Å². The molecule has 186 valence electrons. The van der Waals surface area contributed by atoms with E-state index in [9.17, 15) is 9.59 Å². The van der Waals surface area contributed by atoms with Gasteiger partial charge in [-0.2, -0.15) is 0 Å². The van der Waals surface area contributed by atoms with Crippen molar-refractivity contribution in [3.8, 4) is 0 Å². The molecule has 0 N–H and O–H groups in total. The van der Waals surface area contributed by atoms with Crippen LogP contribution in [0.3, 0.4) is 0 Å². The van der Waals surface area contributed by atoms with Crippen molar-refractivity contribution >= 4 is 11.8 Å². The Bertz CT molecular complexity index is 1040. The number of rotatable bonds is 6. The Morgan fingerprint density at radius 1 is 0.639 bits per heavy atom. The van der Waals surface area contributed by atoms with Crippen molar-refractivity contribution in [2.45, 2.75) is 38.5 Å². The third kappa shape index (κ3) is 6.01. The Morgan fingerprint density at radius 2 is 1.11 bits per heavy atom. The largest absolute Gasteiger partial charge is 0.339 e. The van der Waals surface area contributed by atoms with Gasteiger partial charge in [0.15, 0.2) is 0 Å². The molecule has 0 atom stereocenters. The van der Waals surface area contributed by atoms with Crippen LogP contribution >= 0.6 is 0 Å². The first-order valence-electron chi connectivity index (χ1n) is 13.3. The Labute approximate surface area is 214 Å². The summed E-state index contributed by atoms with van der Waals surface area (Å²) in [4.78, 5) is 34.2. The zero-order valence-electron chi connectivity index (χ0n) is 20.9. The molecule has 5 heteroatoms. The molecule has 0 bridgehead atoms. The van der Waals surface area contributed by atoms with Crippen LogP contribution in [0.15, 0.2) is 79.0 Å². The minimum absolute atomic E-state index is 0.0152. The summed E-state index contributed by atoms with van der Waals surface area (Å²) in [6.45, 7) is 3.07. The predicted octanol–water partition coefficient (Wildman–Crippen LogP) is 5.27. The second-order valence-corrected chi connectivity index (χ2v) is 10.3. The van der Waals surface area contributed by atoms with Gasteiger partial charge in [0, 0.05) is 32.4 Å². The van der Waals surface area contributed by atoms with Crippen molar-refractivity contribution in [3.05, 3.63) is 101 Å². The number of hydrogen-bond donors (Lipinski definition) is 0. The normalized spacial score (nSPS) is 17.2. The number of carbonyl (C=O) groups excluding carboxylic acids is 2. The SMILES string of the molecule is O=C(c1ccc(C(=O)N2CCC(Cc3ccccc3)CC2)nc1)N1CCC(Cc2ccccc2)CC1. The maximum atomic E-state index is 13.0. The van der Waals surface area contributed by atoms with Crippen molar-refractivity contribution in [2.24, 2.45) is 11.8 Å². The molecular weight excluding hydrogens is 446 g/mol. The highest BCUT2D eigenvalue weighted by Gasteiger charge is 2.26. The lowest BCUT2D eigenvalue weighted by atomic mass is 9.90. The van der Waals surface area contributed by atoms with Crippen LogP contribution in [0.1, 0.15) is 57.7 Å². The molecular formula is C31H35N3O2. The van der Waals surface area contributed by atoms with Gasteiger partial charge < -0.3 is 9.80 Å². The molecule has 2 saturated heterocycles. The van der Waals surface area contributed by atoms with Crippen molar-refractivity contribution in [3.63, 3.8) is 0 Å². The van der Waals surface area contributed by atoms with E-state index in [-0.39, 0.29) is 11.8 Å². The molecule has 0 spiro atoms. The van der Waals surface area contributed by atoms with Crippen LogP contribution in [0.5, 0.6) is 0 Å². The van der Waals surface area contributed by atoms with E-state index in [2.05, 4.69) is 53.5 Å². The molecule has 0 radical (unpaired) electrons. The molecule has 3 heterocycles. The van der Waals surface area contributed by atoms with Gasteiger partial charge in [0.2, 0.25) is 0 Å². The second kappa shape index (κ2) is 11.5. The summed E-state index contributed by atoms with van der Waals surface area (Å²) >= 11 is 0. The lowest BCUT2D eigenvalue weighted by Crippen LogP contribution is -2.40. The third-order valence-electron chi connectivity index (χ3n) is 7.77. The molecule has 1 aromatic heterocycles. The average Bonchev–Trinajstić information content (AvgIpc) is 2.94. The van der Waals surface area contributed by atoms with Crippen LogP contribution in [-0.4, -0.2) is 52.8 Å². The Morgan fingerprint density at radius 3 is 1.56 bits per heavy atom. The van der Waals surface area contributed by atoms with E-state index in [0.717, 1.165) is 64.7 Å². The van der Waals surface area contributed by atoms with Crippen LogP contribution in [0.2, 0.25) is 0 Å². The molecule has 2 aromatic carbocycles. The summed E-state index contributed by atoms with van der Waals surface area (Å²) in [5, 5.41) is 0. The Balaban J connectivity index is 1.10. The van der Waals surface area contributed by atoms with Crippen LogP contribution in [0, 0.1) is 11.8 Å². The highest BCUT2D eigenvalue weighted by Crippen LogP contribution is 2.24. The summed E-state index contributed by atoms with van der Waals surface area (Å²) in [6.07, 6.45) is 7.78. The lowest BCUT2D eigenvalue weighted by Gasteiger charge is -2.32. The quantitative estimate of drug-likeness (QED) is 0.482. The fourth-order valence-corrected chi connectivity index (χ4v) is 5.57. The van der Waals surface area contributed by atoms with E-state index in [1.165, 1.54) is 11.1 Å². The smallest absolute Gasteiger partial charge is 0.272 e. The maximum Gasteiger partial charge on any atom is 0.272 e. The zero-order chi connectivity index (χ0) is 24.7. The number of pyridine rings is 1. The Hall–Kier alpha value is -3.47.